The summed E-state index contributed by atoms with van der Waals surface area (Å²) in [4.78, 5) is 11.3. The van der Waals surface area contributed by atoms with E-state index in [9.17, 15) is 18.1 Å². The highest BCUT2D eigenvalue weighted by atomic mass is 31.2. The number of carbonyl (C=O) groups excluding carboxylic acids is 1. The van der Waals surface area contributed by atoms with Gasteiger partial charge >= 0.3 is 19.2 Å². The molecule has 22 heavy (non-hydrogen) atoms. The van der Waals surface area contributed by atoms with Crippen LogP contribution in [0.5, 0.6) is 5.75 Å². The SMILES string of the molecule is C=C(C)C(F)(F)P(=O)(Oc1ccccc1)OC(C)C(=O)OC. The van der Waals surface area contributed by atoms with Crippen molar-refractivity contribution < 1.29 is 31.9 Å². The van der Waals surface area contributed by atoms with Gasteiger partial charge in [-0.05, 0) is 26.0 Å². The molecule has 0 aliphatic rings. The molecule has 122 valence electrons. The number of benzene rings is 1. The zero-order valence-electron chi connectivity index (χ0n) is 12.4. The van der Waals surface area contributed by atoms with Gasteiger partial charge in [0.25, 0.3) is 0 Å². The quantitative estimate of drug-likeness (QED) is 0.428. The van der Waals surface area contributed by atoms with Crippen LogP contribution in [0.3, 0.4) is 0 Å². The average Bonchev–Trinajstić information content (AvgIpc) is 2.46. The van der Waals surface area contributed by atoms with Gasteiger partial charge in [0.05, 0.1) is 7.11 Å². The van der Waals surface area contributed by atoms with E-state index in [-0.39, 0.29) is 5.75 Å². The molecule has 2 atom stereocenters. The maximum Gasteiger partial charge on any atom is 0.453 e. The van der Waals surface area contributed by atoms with Crippen molar-refractivity contribution in [2.75, 3.05) is 7.11 Å². The Morgan fingerprint density at radius 2 is 1.86 bits per heavy atom. The molecule has 1 rings (SSSR count). The van der Waals surface area contributed by atoms with Gasteiger partial charge in [-0.3, -0.25) is 4.52 Å². The Labute approximate surface area is 127 Å². The van der Waals surface area contributed by atoms with Gasteiger partial charge in [-0.2, -0.15) is 8.78 Å². The third kappa shape index (κ3) is 3.93. The summed E-state index contributed by atoms with van der Waals surface area (Å²) >= 11 is 0. The van der Waals surface area contributed by atoms with Gasteiger partial charge < -0.3 is 9.26 Å². The Balaban J connectivity index is 3.18. The van der Waals surface area contributed by atoms with Crippen molar-refractivity contribution in [2.24, 2.45) is 0 Å². The Kier molecular flexibility index (Phi) is 5.85. The maximum atomic E-state index is 14.2. The number of carbonyl (C=O) groups is 1. The number of para-hydroxylation sites is 1. The maximum absolute atomic E-state index is 14.2. The van der Waals surface area contributed by atoms with Gasteiger partial charge in [0.15, 0.2) is 6.10 Å². The largest absolute Gasteiger partial charge is 0.467 e. The topological polar surface area (TPSA) is 61.8 Å². The molecule has 0 aromatic heterocycles. The molecule has 0 radical (unpaired) electrons. The Morgan fingerprint density at radius 3 is 2.32 bits per heavy atom. The van der Waals surface area contributed by atoms with E-state index in [0.29, 0.717) is 0 Å². The molecule has 0 N–H and O–H groups in total. The van der Waals surface area contributed by atoms with Crippen molar-refractivity contribution in [3.8, 4) is 5.75 Å². The summed E-state index contributed by atoms with van der Waals surface area (Å²) in [7, 11) is -4.00. The van der Waals surface area contributed by atoms with Gasteiger partial charge in [0.2, 0.25) is 0 Å². The fourth-order valence-electron chi connectivity index (χ4n) is 1.42. The number of halogens is 2. The second-order valence-corrected chi connectivity index (χ2v) is 6.44. The van der Waals surface area contributed by atoms with Crippen LogP contribution < -0.4 is 4.52 Å². The third-order valence-electron chi connectivity index (χ3n) is 2.66. The number of esters is 1. The number of hydrogen-bond donors (Lipinski definition) is 0. The molecule has 0 bridgehead atoms. The molecule has 0 amide bonds. The lowest BCUT2D eigenvalue weighted by Gasteiger charge is -2.28. The van der Waals surface area contributed by atoms with Crippen LogP contribution in [-0.4, -0.2) is 24.8 Å². The first-order valence-electron chi connectivity index (χ1n) is 6.29. The second-order valence-electron chi connectivity index (χ2n) is 4.49. The molecule has 0 heterocycles. The molecule has 1 aromatic carbocycles. The van der Waals surface area contributed by atoms with Crippen LogP contribution in [0.15, 0.2) is 42.5 Å². The van der Waals surface area contributed by atoms with Crippen LogP contribution in [-0.2, 0) is 18.6 Å². The zero-order chi connectivity index (χ0) is 17.0. The second kappa shape index (κ2) is 7.03. The standard InChI is InChI=1S/C14H17F2O5P/c1-10(2)14(15,16)22(18,20-11(3)13(17)19-4)21-12-8-6-5-7-9-12/h5-9,11H,1H2,2-4H3. The molecular weight excluding hydrogens is 317 g/mol. The number of methoxy groups -OCH3 is 1. The van der Waals surface area contributed by atoms with Gasteiger partial charge in [-0.15, -0.1) is 0 Å². The molecule has 0 saturated carbocycles. The van der Waals surface area contributed by atoms with E-state index < -0.39 is 30.9 Å². The number of ether oxygens (including phenoxy) is 1. The number of allylic oxidation sites excluding steroid dienone is 1. The Hall–Kier alpha value is -1.72. The summed E-state index contributed by atoms with van der Waals surface area (Å²) < 4.78 is 55.2. The minimum atomic E-state index is -5.06. The molecule has 0 saturated heterocycles. The first-order valence-corrected chi connectivity index (χ1v) is 7.83. The molecule has 0 fully saturated rings. The van der Waals surface area contributed by atoms with E-state index in [1.54, 1.807) is 6.07 Å². The predicted molar refractivity (Wildman–Crippen MR) is 77.0 cm³/mol. The van der Waals surface area contributed by atoms with Crippen molar-refractivity contribution in [1.29, 1.82) is 0 Å². The normalized spacial score (nSPS) is 15.5. The molecule has 8 heteroatoms. The monoisotopic (exact) mass is 334 g/mol. The van der Waals surface area contributed by atoms with Crippen molar-refractivity contribution in [3.05, 3.63) is 42.5 Å². The van der Waals surface area contributed by atoms with Crippen LogP contribution in [0.1, 0.15) is 13.8 Å². The average molecular weight is 334 g/mol. The molecule has 0 aliphatic carbocycles. The highest BCUT2D eigenvalue weighted by molar-refractivity contribution is 7.55. The van der Waals surface area contributed by atoms with Gasteiger partial charge in [0.1, 0.15) is 5.75 Å². The van der Waals surface area contributed by atoms with E-state index in [0.717, 1.165) is 21.0 Å². The number of hydrogen-bond acceptors (Lipinski definition) is 5. The van der Waals surface area contributed by atoms with Crippen LogP contribution in [0.4, 0.5) is 8.78 Å². The highest BCUT2D eigenvalue weighted by Gasteiger charge is 2.57. The predicted octanol–water partition coefficient (Wildman–Crippen LogP) is 4.01. The summed E-state index contributed by atoms with van der Waals surface area (Å²) in [6.45, 7) is 5.24. The van der Waals surface area contributed by atoms with E-state index in [2.05, 4.69) is 11.3 Å². The molecule has 1 aromatic rings. The first-order chi connectivity index (χ1) is 10.1. The van der Waals surface area contributed by atoms with E-state index in [1.807, 2.05) is 0 Å². The van der Waals surface area contributed by atoms with Crippen molar-refractivity contribution in [2.45, 2.75) is 25.6 Å². The van der Waals surface area contributed by atoms with Crippen molar-refractivity contribution >= 4 is 13.6 Å². The zero-order valence-corrected chi connectivity index (χ0v) is 13.3. The van der Waals surface area contributed by atoms with Gasteiger partial charge in [-0.25, -0.2) is 9.36 Å². The lowest BCUT2D eigenvalue weighted by Crippen LogP contribution is -2.29. The van der Waals surface area contributed by atoms with Crippen LogP contribution in [0, 0.1) is 0 Å². The third-order valence-corrected chi connectivity index (χ3v) is 4.77. The summed E-state index contributed by atoms with van der Waals surface area (Å²) in [5.41, 5.74) is -4.67. The van der Waals surface area contributed by atoms with Crippen LogP contribution in [0.25, 0.3) is 0 Å². The summed E-state index contributed by atoms with van der Waals surface area (Å²) in [6.07, 6.45) is -1.50. The molecular formula is C14H17F2O5P. The van der Waals surface area contributed by atoms with E-state index >= 15 is 0 Å². The lowest BCUT2D eigenvalue weighted by atomic mass is 10.3. The summed E-state index contributed by atoms with van der Waals surface area (Å²) in [5, 5.41) is 0. The number of rotatable bonds is 7. The number of alkyl halides is 2. The fraction of sp³-hybridized carbons (Fsp3) is 0.357. The minimum Gasteiger partial charge on any atom is -0.467 e. The highest BCUT2D eigenvalue weighted by Crippen LogP contribution is 2.64. The van der Waals surface area contributed by atoms with Crippen molar-refractivity contribution in [1.82, 2.24) is 0 Å². The van der Waals surface area contributed by atoms with Gasteiger partial charge in [0, 0.05) is 5.57 Å². The van der Waals surface area contributed by atoms with Crippen molar-refractivity contribution in [3.63, 3.8) is 0 Å². The van der Waals surface area contributed by atoms with Crippen LogP contribution >= 0.6 is 7.60 Å². The fourth-order valence-corrected chi connectivity index (χ4v) is 3.08. The summed E-state index contributed by atoms with van der Waals surface area (Å²) in [5.74, 6) is -1.03. The lowest BCUT2D eigenvalue weighted by molar-refractivity contribution is -0.148. The van der Waals surface area contributed by atoms with Crippen LogP contribution in [0.2, 0.25) is 0 Å². The van der Waals surface area contributed by atoms with E-state index in [1.165, 1.54) is 24.3 Å². The minimum absolute atomic E-state index is 0.0798. The Bertz CT molecular complexity index is 588. The summed E-state index contributed by atoms with van der Waals surface area (Å²) in [6, 6.07) is 7.35. The Morgan fingerprint density at radius 1 is 1.32 bits per heavy atom. The molecule has 5 nitrogen and oxygen atoms in total. The molecule has 0 spiro atoms. The first kappa shape index (κ1) is 18.3. The van der Waals surface area contributed by atoms with Gasteiger partial charge in [-0.1, -0.05) is 24.8 Å². The smallest absolute Gasteiger partial charge is 0.453 e. The molecule has 0 aliphatic heterocycles. The van der Waals surface area contributed by atoms with E-state index in [4.69, 9.17) is 9.05 Å². The molecule has 2 unspecified atom stereocenters.